The topological polar surface area (TPSA) is 75.1 Å². The van der Waals surface area contributed by atoms with Crippen LogP contribution in [0.5, 0.6) is 0 Å². The lowest BCUT2D eigenvalue weighted by atomic mass is 9.98. The van der Waals surface area contributed by atoms with Gasteiger partial charge in [-0.15, -0.1) is 0 Å². The lowest BCUT2D eigenvalue weighted by molar-refractivity contribution is -0.142. The largest absolute Gasteiger partial charge is 0.479 e. The van der Waals surface area contributed by atoms with Gasteiger partial charge >= 0.3 is 5.97 Å². The summed E-state index contributed by atoms with van der Waals surface area (Å²) in [6.45, 7) is 1.47. The van der Waals surface area contributed by atoms with Crippen LogP contribution in [0.3, 0.4) is 0 Å². The number of carboxylic acid groups (broad SMARTS) is 1. The summed E-state index contributed by atoms with van der Waals surface area (Å²) in [5, 5.41) is 12.2. The van der Waals surface area contributed by atoms with E-state index in [-0.39, 0.29) is 11.5 Å². The van der Waals surface area contributed by atoms with E-state index < -0.39 is 11.5 Å². The maximum atomic E-state index is 12.8. The zero-order valence-corrected chi connectivity index (χ0v) is 10.2. The van der Waals surface area contributed by atoms with Crippen LogP contribution in [0, 0.1) is 5.82 Å². The fraction of sp³-hybridized carbons (Fsp3) is 0.154. The quantitative estimate of drug-likeness (QED) is 0.880. The van der Waals surface area contributed by atoms with Crippen LogP contribution in [0.15, 0.2) is 42.9 Å². The van der Waals surface area contributed by atoms with Gasteiger partial charge in [0, 0.05) is 18.1 Å². The molecule has 0 saturated heterocycles. The van der Waals surface area contributed by atoms with Crippen LogP contribution in [0.1, 0.15) is 12.6 Å². The number of halogens is 1. The second-order valence-electron chi connectivity index (χ2n) is 4.15. The highest BCUT2D eigenvalue weighted by Crippen LogP contribution is 2.24. The van der Waals surface area contributed by atoms with Crippen molar-refractivity contribution in [3.8, 4) is 0 Å². The third-order valence-corrected chi connectivity index (χ3v) is 2.74. The van der Waals surface area contributed by atoms with Gasteiger partial charge in [0.05, 0.1) is 11.9 Å². The highest BCUT2D eigenvalue weighted by molar-refractivity contribution is 5.83. The van der Waals surface area contributed by atoms with E-state index in [1.165, 1.54) is 49.8 Å². The molecule has 0 amide bonds. The second-order valence-corrected chi connectivity index (χ2v) is 4.15. The summed E-state index contributed by atoms with van der Waals surface area (Å²) in [6.07, 6.45) is 4.26. The average Bonchev–Trinajstić information content (AvgIpc) is 2.42. The molecule has 2 aromatic rings. The molecular formula is C13H12FN3O2. The Morgan fingerprint density at radius 2 is 2.00 bits per heavy atom. The molecule has 98 valence electrons. The maximum absolute atomic E-state index is 12.8. The molecule has 1 heterocycles. The SMILES string of the molecule is CC(Nc1ccc(F)cc1)(C(=O)O)c1cnccn1. The van der Waals surface area contributed by atoms with Gasteiger partial charge in [0.15, 0.2) is 5.54 Å². The second kappa shape index (κ2) is 5.01. The highest BCUT2D eigenvalue weighted by Gasteiger charge is 2.37. The Morgan fingerprint density at radius 3 is 2.53 bits per heavy atom. The van der Waals surface area contributed by atoms with E-state index in [0.29, 0.717) is 5.69 Å². The molecule has 0 bridgehead atoms. The van der Waals surface area contributed by atoms with Crippen LogP contribution in [0.25, 0.3) is 0 Å². The first kappa shape index (κ1) is 12.9. The molecular weight excluding hydrogens is 249 g/mol. The van der Waals surface area contributed by atoms with Gasteiger partial charge in [0.25, 0.3) is 0 Å². The zero-order chi connectivity index (χ0) is 13.9. The molecule has 0 aliphatic heterocycles. The van der Waals surface area contributed by atoms with Crippen molar-refractivity contribution in [3.63, 3.8) is 0 Å². The van der Waals surface area contributed by atoms with Crippen molar-refractivity contribution < 1.29 is 14.3 Å². The molecule has 0 aliphatic carbocycles. The first-order chi connectivity index (χ1) is 9.02. The number of carbonyl (C=O) groups is 1. The van der Waals surface area contributed by atoms with Crippen LogP contribution in [0.4, 0.5) is 10.1 Å². The van der Waals surface area contributed by atoms with Gasteiger partial charge in [-0.25, -0.2) is 9.18 Å². The van der Waals surface area contributed by atoms with Gasteiger partial charge in [0.2, 0.25) is 0 Å². The van der Waals surface area contributed by atoms with Crippen molar-refractivity contribution in [3.05, 3.63) is 54.4 Å². The van der Waals surface area contributed by atoms with E-state index in [4.69, 9.17) is 0 Å². The van der Waals surface area contributed by atoms with Gasteiger partial charge in [-0.2, -0.15) is 0 Å². The van der Waals surface area contributed by atoms with Crippen molar-refractivity contribution in [2.45, 2.75) is 12.5 Å². The molecule has 1 unspecified atom stereocenters. The van der Waals surface area contributed by atoms with E-state index >= 15 is 0 Å². The normalized spacial score (nSPS) is 13.6. The number of hydrogen-bond acceptors (Lipinski definition) is 4. The van der Waals surface area contributed by atoms with E-state index in [9.17, 15) is 14.3 Å². The summed E-state index contributed by atoms with van der Waals surface area (Å²) in [7, 11) is 0. The van der Waals surface area contributed by atoms with Crippen LogP contribution in [-0.2, 0) is 10.3 Å². The van der Waals surface area contributed by atoms with E-state index in [1.807, 2.05) is 0 Å². The fourth-order valence-corrected chi connectivity index (χ4v) is 1.61. The maximum Gasteiger partial charge on any atom is 0.335 e. The van der Waals surface area contributed by atoms with Gasteiger partial charge in [-0.05, 0) is 31.2 Å². The van der Waals surface area contributed by atoms with E-state index in [1.54, 1.807) is 0 Å². The van der Waals surface area contributed by atoms with Gasteiger partial charge in [-0.1, -0.05) is 0 Å². The Balaban J connectivity index is 2.36. The molecule has 5 nitrogen and oxygen atoms in total. The lowest BCUT2D eigenvalue weighted by Gasteiger charge is -2.26. The Labute approximate surface area is 109 Å². The predicted molar refractivity (Wildman–Crippen MR) is 67.0 cm³/mol. The van der Waals surface area contributed by atoms with Gasteiger partial charge < -0.3 is 10.4 Å². The lowest BCUT2D eigenvalue weighted by Crippen LogP contribution is -2.41. The monoisotopic (exact) mass is 261 g/mol. The molecule has 1 aromatic carbocycles. The highest BCUT2D eigenvalue weighted by atomic mass is 19.1. The summed E-state index contributed by atoms with van der Waals surface area (Å²) in [5.74, 6) is -1.49. The predicted octanol–water partition coefficient (Wildman–Crippen LogP) is 2.03. The number of rotatable bonds is 4. The smallest absolute Gasteiger partial charge is 0.335 e. The Kier molecular flexibility index (Phi) is 3.41. The van der Waals surface area contributed by atoms with E-state index in [2.05, 4.69) is 15.3 Å². The van der Waals surface area contributed by atoms with Gasteiger partial charge in [0.1, 0.15) is 5.82 Å². The fourth-order valence-electron chi connectivity index (χ4n) is 1.61. The van der Waals surface area contributed by atoms with Gasteiger partial charge in [-0.3, -0.25) is 9.97 Å². The van der Waals surface area contributed by atoms with Crippen molar-refractivity contribution in [2.75, 3.05) is 5.32 Å². The summed E-state index contributed by atoms with van der Waals surface area (Å²) in [4.78, 5) is 19.4. The van der Waals surface area contributed by atoms with Crippen LogP contribution >= 0.6 is 0 Å². The third kappa shape index (κ3) is 2.67. The Hall–Kier alpha value is -2.50. The molecule has 19 heavy (non-hydrogen) atoms. The van der Waals surface area contributed by atoms with Crippen molar-refractivity contribution >= 4 is 11.7 Å². The van der Waals surface area contributed by atoms with Crippen molar-refractivity contribution in [1.82, 2.24) is 9.97 Å². The molecule has 1 aromatic heterocycles. The number of aliphatic carboxylic acids is 1. The number of benzene rings is 1. The summed E-state index contributed by atoms with van der Waals surface area (Å²) < 4.78 is 12.8. The van der Waals surface area contributed by atoms with Crippen molar-refractivity contribution in [2.24, 2.45) is 0 Å². The molecule has 0 saturated carbocycles. The number of hydrogen-bond donors (Lipinski definition) is 2. The molecule has 2 N–H and O–H groups in total. The number of anilines is 1. The summed E-state index contributed by atoms with van der Waals surface area (Å²) >= 11 is 0. The number of carboxylic acids is 1. The van der Waals surface area contributed by atoms with Crippen LogP contribution in [0.2, 0.25) is 0 Å². The molecule has 1 atom stereocenters. The zero-order valence-electron chi connectivity index (χ0n) is 10.2. The minimum Gasteiger partial charge on any atom is -0.479 e. The number of nitrogens with one attached hydrogen (secondary N) is 1. The minimum atomic E-state index is -1.44. The molecule has 2 rings (SSSR count). The first-order valence-corrected chi connectivity index (χ1v) is 5.56. The number of aromatic nitrogens is 2. The van der Waals surface area contributed by atoms with Crippen molar-refractivity contribution in [1.29, 1.82) is 0 Å². The molecule has 0 fully saturated rings. The Morgan fingerprint density at radius 1 is 1.32 bits per heavy atom. The summed E-state index contributed by atoms with van der Waals surface area (Å²) in [6, 6.07) is 5.43. The van der Waals surface area contributed by atoms with Crippen LogP contribution < -0.4 is 5.32 Å². The van der Waals surface area contributed by atoms with Crippen LogP contribution in [-0.4, -0.2) is 21.0 Å². The standard InChI is InChI=1S/C13H12FN3O2/c1-13(12(18)19,11-8-15-6-7-16-11)17-10-4-2-9(14)3-5-10/h2-8,17H,1H3,(H,18,19). The molecule has 0 radical (unpaired) electrons. The molecule has 0 aliphatic rings. The molecule has 6 heteroatoms. The number of nitrogens with zero attached hydrogens (tertiary/aromatic N) is 2. The summed E-state index contributed by atoms with van der Waals surface area (Å²) in [5.41, 5.74) is -0.685. The third-order valence-electron chi connectivity index (χ3n) is 2.74. The van der Waals surface area contributed by atoms with E-state index in [0.717, 1.165) is 0 Å². The molecule has 0 spiro atoms. The first-order valence-electron chi connectivity index (χ1n) is 5.56. The average molecular weight is 261 g/mol. The Bertz CT molecular complexity index is 574. The minimum absolute atomic E-state index is 0.270.